The maximum atomic E-state index is 13.3. The minimum Gasteiger partial charge on any atom is -0.392 e. The Balaban J connectivity index is 2.57. The quantitative estimate of drug-likeness (QED) is 0.0433. The van der Waals surface area contributed by atoms with Crippen LogP contribution in [-0.2, 0) is 9.59 Å². The van der Waals surface area contributed by atoms with Crippen molar-refractivity contribution in [1.82, 2.24) is 19.6 Å². The minimum absolute atomic E-state index is 0.189. The molecule has 12 heteroatoms. The molecule has 0 bridgehead atoms. The summed E-state index contributed by atoms with van der Waals surface area (Å²) in [6, 6.07) is 0.715. The third-order valence-electron chi connectivity index (χ3n) is 16.2. The number of hydrogen-bond acceptors (Lipinski definition) is 12. The van der Waals surface area contributed by atoms with Crippen LogP contribution < -0.4 is 0 Å². The summed E-state index contributed by atoms with van der Waals surface area (Å²) >= 11 is 2.87. The Bertz CT molecular complexity index is 1140. The second kappa shape index (κ2) is 52.8. The number of thioether (sulfide) groups is 2. The Kier molecular flexibility index (Phi) is 51.2. The summed E-state index contributed by atoms with van der Waals surface area (Å²) in [6.07, 6.45) is 42.0. The van der Waals surface area contributed by atoms with Gasteiger partial charge in [-0.1, -0.05) is 257 Å². The largest absolute Gasteiger partial charge is 0.392 e. The predicted octanol–water partition coefficient (Wildman–Crippen LogP) is 14.9. The van der Waals surface area contributed by atoms with Crippen molar-refractivity contribution < 1.29 is 30.0 Å². The number of aliphatic hydroxyl groups excluding tert-OH is 4. The summed E-state index contributed by atoms with van der Waals surface area (Å²) in [5.74, 6) is 1.51. The Morgan fingerprint density at radius 1 is 0.395 bits per heavy atom. The maximum Gasteiger partial charge on any atom is 0.190 e. The van der Waals surface area contributed by atoms with Gasteiger partial charge >= 0.3 is 0 Å². The Morgan fingerprint density at radius 2 is 0.618 bits per heavy atom. The van der Waals surface area contributed by atoms with Gasteiger partial charge in [-0.3, -0.25) is 29.2 Å². The normalized spacial score (nSPS) is 17.3. The minimum atomic E-state index is -0.435. The van der Waals surface area contributed by atoms with E-state index < -0.39 is 24.4 Å². The van der Waals surface area contributed by atoms with Gasteiger partial charge in [0.25, 0.3) is 0 Å². The van der Waals surface area contributed by atoms with Gasteiger partial charge in [-0.25, -0.2) is 0 Å². The van der Waals surface area contributed by atoms with Crippen LogP contribution in [-0.4, -0.2) is 164 Å². The maximum absolute atomic E-state index is 13.3. The molecule has 0 amide bonds. The van der Waals surface area contributed by atoms with Crippen LogP contribution in [0.2, 0.25) is 0 Å². The molecular weight excluding hydrogens is 985 g/mol. The lowest BCUT2D eigenvalue weighted by atomic mass is 10.0. The number of carbonyl (C=O) groups is 2. The lowest BCUT2D eigenvalue weighted by molar-refractivity contribution is -0.112. The van der Waals surface area contributed by atoms with Crippen LogP contribution in [0, 0.1) is 0 Å². The molecule has 10 nitrogen and oxygen atoms in total. The van der Waals surface area contributed by atoms with Crippen molar-refractivity contribution in [2.24, 2.45) is 0 Å². The average molecular weight is 1110 g/mol. The summed E-state index contributed by atoms with van der Waals surface area (Å²) in [6.45, 7) is 20.4. The highest BCUT2D eigenvalue weighted by atomic mass is 32.2. The molecule has 0 aromatic rings. The van der Waals surface area contributed by atoms with Gasteiger partial charge in [-0.15, -0.1) is 0 Å². The third kappa shape index (κ3) is 44.4. The second-order valence-corrected chi connectivity index (χ2v) is 26.1. The number of piperazine rings is 1. The highest BCUT2D eigenvalue weighted by Gasteiger charge is 2.29. The summed E-state index contributed by atoms with van der Waals surface area (Å²) < 4.78 is 0. The van der Waals surface area contributed by atoms with Gasteiger partial charge in [-0.05, 0) is 39.5 Å². The first-order valence-corrected chi connectivity index (χ1v) is 34.8. The van der Waals surface area contributed by atoms with Gasteiger partial charge in [0.2, 0.25) is 0 Å². The number of aliphatic hydroxyl groups is 4. The smallest absolute Gasteiger partial charge is 0.190 e. The average Bonchev–Trinajstić information content (AvgIpc) is 3.39. The number of rotatable bonds is 56. The van der Waals surface area contributed by atoms with E-state index in [2.05, 4.69) is 61.1 Å². The molecule has 0 aromatic heterocycles. The fraction of sp³-hybridized carbons (Fsp3) is 0.969. The monoisotopic (exact) mass is 1110 g/mol. The van der Waals surface area contributed by atoms with Crippen molar-refractivity contribution in [1.29, 1.82) is 0 Å². The Labute approximate surface area is 480 Å². The molecule has 0 spiro atoms. The molecule has 0 radical (unpaired) electrons. The van der Waals surface area contributed by atoms with E-state index in [4.69, 9.17) is 0 Å². The van der Waals surface area contributed by atoms with Crippen LogP contribution in [0.1, 0.15) is 286 Å². The standard InChI is InChI=1S/C64H128N4O6S2/c1-7-11-15-19-23-27-31-35-39-59(69)53-65(54-60(70)40-36-32-28-24-20-16-12-8-2)45-43-63(73)75-49-47-67-51-58(6)68(52-57(67)5)48-50-76-64(74)44-46-66(55-61(71)41-37-33-29-25-21-17-13-9-3)56-62(72)42-38-34-30-26-22-18-14-10-4/h57-62,69-72H,7-56H2,1-6H3. The molecule has 6 atom stereocenters. The van der Waals surface area contributed by atoms with E-state index in [9.17, 15) is 30.0 Å². The number of hydrogen-bond donors (Lipinski definition) is 4. The van der Waals surface area contributed by atoms with Gasteiger partial charge < -0.3 is 20.4 Å². The van der Waals surface area contributed by atoms with Gasteiger partial charge in [0.05, 0.1) is 24.4 Å². The highest BCUT2D eigenvalue weighted by molar-refractivity contribution is 8.13. The van der Waals surface area contributed by atoms with Crippen molar-refractivity contribution >= 4 is 33.8 Å². The van der Waals surface area contributed by atoms with Gasteiger partial charge in [-0.2, -0.15) is 0 Å². The zero-order chi connectivity index (χ0) is 55.7. The number of carbonyl (C=O) groups excluding carboxylic acids is 2. The molecule has 1 aliphatic heterocycles. The van der Waals surface area contributed by atoms with Crippen LogP contribution >= 0.6 is 23.5 Å². The topological polar surface area (TPSA) is 128 Å². The molecule has 1 saturated heterocycles. The van der Waals surface area contributed by atoms with Crippen LogP contribution in [0.3, 0.4) is 0 Å². The van der Waals surface area contributed by atoms with Crippen molar-refractivity contribution in [2.45, 2.75) is 322 Å². The molecule has 1 fully saturated rings. The zero-order valence-corrected chi connectivity index (χ0v) is 52.7. The first kappa shape index (κ1) is 73.7. The molecule has 1 rings (SSSR count). The summed E-state index contributed by atoms with van der Waals surface area (Å²) in [7, 11) is 0. The SMILES string of the molecule is CCCCCCCCCCC(O)CN(CCC(=O)SCCN1CC(C)N(CCSC(=O)CCN(CC(O)CCCCCCCCCC)CC(O)CCCCCCCCCC)CC1C)CC(O)CCCCCCCCCC. The summed E-state index contributed by atoms with van der Waals surface area (Å²) in [5, 5.41) is 44.6. The van der Waals surface area contributed by atoms with Gasteiger partial charge in [0.15, 0.2) is 10.2 Å². The van der Waals surface area contributed by atoms with E-state index in [1.165, 1.54) is 178 Å². The lowest BCUT2D eigenvalue weighted by Gasteiger charge is -2.44. The van der Waals surface area contributed by atoms with E-state index in [0.29, 0.717) is 64.2 Å². The molecule has 76 heavy (non-hydrogen) atoms. The van der Waals surface area contributed by atoms with Gasteiger partial charge in [0.1, 0.15) is 0 Å². The first-order chi connectivity index (χ1) is 36.9. The summed E-state index contributed by atoms with van der Waals surface area (Å²) in [4.78, 5) is 35.9. The molecule has 452 valence electrons. The third-order valence-corrected chi connectivity index (χ3v) is 18.1. The number of nitrogens with zero attached hydrogens (tertiary/aromatic N) is 4. The zero-order valence-electron chi connectivity index (χ0n) is 51.0. The van der Waals surface area contributed by atoms with E-state index in [1.807, 2.05) is 0 Å². The van der Waals surface area contributed by atoms with Crippen molar-refractivity contribution in [2.75, 3.05) is 77.0 Å². The van der Waals surface area contributed by atoms with Crippen LogP contribution in [0.25, 0.3) is 0 Å². The van der Waals surface area contributed by atoms with Crippen molar-refractivity contribution in [3.63, 3.8) is 0 Å². The fourth-order valence-electron chi connectivity index (χ4n) is 11.2. The van der Waals surface area contributed by atoms with Crippen LogP contribution in [0.15, 0.2) is 0 Å². The van der Waals surface area contributed by atoms with Crippen molar-refractivity contribution in [3.05, 3.63) is 0 Å². The Morgan fingerprint density at radius 3 is 0.855 bits per heavy atom. The fourth-order valence-corrected chi connectivity index (χ4v) is 12.8. The molecule has 1 heterocycles. The first-order valence-electron chi connectivity index (χ1n) is 32.9. The van der Waals surface area contributed by atoms with Crippen LogP contribution in [0.5, 0.6) is 0 Å². The molecule has 4 N–H and O–H groups in total. The van der Waals surface area contributed by atoms with Crippen LogP contribution in [0.4, 0.5) is 0 Å². The molecule has 1 aliphatic rings. The van der Waals surface area contributed by atoms with E-state index in [1.54, 1.807) is 0 Å². The molecule has 6 unspecified atom stereocenters. The Hall–Kier alpha value is -0.280. The molecular formula is C64H128N4O6S2. The van der Waals surface area contributed by atoms with E-state index in [-0.39, 0.29) is 10.2 Å². The predicted molar refractivity (Wildman–Crippen MR) is 332 cm³/mol. The van der Waals surface area contributed by atoms with Gasteiger partial charge in [0, 0.05) is 102 Å². The molecule has 0 aromatic carbocycles. The van der Waals surface area contributed by atoms with E-state index >= 15 is 0 Å². The molecule has 0 saturated carbocycles. The second-order valence-electron chi connectivity index (χ2n) is 23.8. The number of unbranched alkanes of at least 4 members (excludes halogenated alkanes) is 28. The lowest BCUT2D eigenvalue weighted by Crippen LogP contribution is -2.57. The highest BCUT2D eigenvalue weighted by Crippen LogP contribution is 2.21. The van der Waals surface area contributed by atoms with Crippen molar-refractivity contribution in [3.8, 4) is 0 Å². The summed E-state index contributed by atoms with van der Waals surface area (Å²) in [5.41, 5.74) is 0. The molecule has 0 aliphatic carbocycles. The van der Waals surface area contributed by atoms with E-state index in [0.717, 1.165) is 115 Å².